The fraction of sp³-hybridized carbons (Fsp3) is 0.462. The first-order valence-electron chi connectivity index (χ1n) is 11.7. The molecule has 0 unspecified atom stereocenters. The van der Waals surface area contributed by atoms with Crippen LogP contribution in [0.25, 0.3) is 11.1 Å². The molecule has 0 bridgehead atoms. The van der Waals surface area contributed by atoms with Crippen molar-refractivity contribution in [2.75, 3.05) is 19.7 Å². The molecule has 2 amide bonds. The Bertz CT molecular complexity index is 1210. The Morgan fingerprint density at radius 1 is 1.28 bits per heavy atom. The number of nitriles is 1. The first-order chi connectivity index (χ1) is 17.0. The number of nitrogens with zero attached hydrogens (tertiary/aromatic N) is 3. The number of rotatable bonds is 5. The van der Waals surface area contributed by atoms with E-state index in [1.807, 2.05) is 6.07 Å². The molecule has 1 fully saturated rings. The third-order valence-corrected chi connectivity index (χ3v) is 5.59. The van der Waals surface area contributed by atoms with Gasteiger partial charge in [-0.1, -0.05) is 12.1 Å². The number of ether oxygens (including phenoxy) is 2. The summed E-state index contributed by atoms with van der Waals surface area (Å²) in [5.74, 6) is -1.09. The SMILES string of the molecule is Cn1cc(-c2ccc(C[C@@H](C#N)NC(=O)[C@@H]3CN(C(=O)OC(C)(C)C)CCCO3)c(F)c2)ccc1=O. The van der Waals surface area contributed by atoms with Gasteiger partial charge < -0.3 is 24.3 Å². The van der Waals surface area contributed by atoms with E-state index in [-0.39, 0.29) is 30.7 Å². The van der Waals surface area contributed by atoms with E-state index in [1.54, 1.807) is 52.2 Å². The molecule has 2 heterocycles. The number of carbonyl (C=O) groups excluding carboxylic acids is 2. The van der Waals surface area contributed by atoms with Crippen molar-refractivity contribution in [1.82, 2.24) is 14.8 Å². The van der Waals surface area contributed by atoms with Crippen molar-refractivity contribution in [2.45, 2.75) is 51.4 Å². The number of nitrogens with one attached hydrogen (secondary N) is 1. The highest BCUT2D eigenvalue weighted by Crippen LogP contribution is 2.22. The van der Waals surface area contributed by atoms with E-state index in [0.717, 1.165) is 0 Å². The van der Waals surface area contributed by atoms with Crippen molar-refractivity contribution in [1.29, 1.82) is 5.26 Å². The number of carbonyl (C=O) groups is 2. The zero-order valence-electron chi connectivity index (χ0n) is 20.9. The van der Waals surface area contributed by atoms with Crippen LogP contribution in [-0.4, -0.2) is 58.9 Å². The monoisotopic (exact) mass is 498 g/mol. The second kappa shape index (κ2) is 11.4. The van der Waals surface area contributed by atoms with Crippen LogP contribution in [0, 0.1) is 17.1 Å². The van der Waals surface area contributed by atoms with Crippen LogP contribution in [-0.2, 0) is 27.7 Å². The summed E-state index contributed by atoms with van der Waals surface area (Å²) >= 11 is 0. The maximum atomic E-state index is 14.9. The van der Waals surface area contributed by atoms with Crippen LogP contribution in [0.1, 0.15) is 32.8 Å². The summed E-state index contributed by atoms with van der Waals surface area (Å²) in [4.78, 5) is 38.3. The zero-order valence-corrected chi connectivity index (χ0v) is 20.9. The molecular formula is C26H31FN4O5. The Kier molecular flexibility index (Phi) is 8.48. The summed E-state index contributed by atoms with van der Waals surface area (Å²) in [6, 6.07) is 8.59. The molecule has 192 valence electrons. The summed E-state index contributed by atoms with van der Waals surface area (Å²) in [6.45, 7) is 5.92. The van der Waals surface area contributed by atoms with Gasteiger partial charge in [0.15, 0.2) is 6.10 Å². The molecule has 3 rings (SSSR count). The van der Waals surface area contributed by atoms with Crippen molar-refractivity contribution < 1.29 is 23.5 Å². The number of hydrogen-bond donors (Lipinski definition) is 1. The smallest absolute Gasteiger partial charge is 0.410 e. The van der Waals surface area contributed by atoms with Gasteiger partial charge in [0, 0.05) is 38.9 Å². The van der Waals surface area contributed by atoms with Gasteiger partial charge in [-0.3, -0.25) is 9.59 Å². The molecule has 2 atom stereocenters. The van der Waals surface area contributed by atoms with E-state index in [9.17, 15) is 24.0 Å². The van der Waals surface area contributed by atoms with Gasteiger partial charge in [0.05, 0.1) is 12.6 Å². The van der Waals surface area contributed by atoms with Crippen molar-refractivity contribution in [3.8, 4) is 17.2 Å². The van der Waals surface area contributed by atoms with Gasteiger partial charge in [-0.05, 0) is 56.0 Å². The van der Waals surface area contributed by atoms with E-state index in [4.69, 9.17) is 9.47 Å². The Hall–Kier alpha value is -3.71. The molecule has 1 saturated heterocycles. The van der Waals surface area contributed by atoms with Crippen LogP contribution in [0.15, 0.2) is 41.3 Å². The Morgan fingerprint density at radius 2 is 2.00 bits per heavy atom. The van der Waals surface area contributed by atoms with E-state index < -0.39 is 35.6 Å². The molecule has 1 aliphatic rings. The Labute approximate surface area is 209 Å². The lowest BCUT2D eigenvalue weighted by atomic mass is 10.0. The summed E-state index contributed by atoms with van der Waals surface area (Å²) in [7, 11) is 1.61. The van der Waals surface area contributed by atoms with Gasteiger partial charge in [-0.2, -0.15) is 5.26 Å². The molecule has 0 radical (unpaired) electrons. The molecule has 1 N–H and O–H groups in total. The van der Waals surface area contributed by atoms with Crippen molar-refractivity contribution in [3.63, 3.8) is 0 Å². The minimum atomic E-state index is -1.00. The Morgan fingerprint density at radius 3 is 2.64 bits per heavy atom. The zero-order chi connectivity index (χ0) is 26.5. The van der Waals surface area contributed by atoms with Gasteiger partial charge in [-0.15, -0.1) is 0 Å². The van der Waals surface area contributed by atoms with E-state index in [1.165, 1.54) is 21.6 Å². The van der Waals surface area contributed by atoms with Crippen molar-refractivity contribution in [2.24, 2.45) is 7.05 Å². The maximum absolute atomic E-state index is 14.9. The largest absolute Gasteiger partial charge is 0.444 e. The number of aryl methyl sites for hydroxylation is 1. The fourth-order valence-electron chi connectivity index (χ4n) is 3.75. The van der Waals surface area contributed by atoms with Crippen LogP contribution < -0.4 is 10.9 Å². The first-order valence-corrected chi connectivity index (χ1v) is 11.7. The highest BCUT2D eigenvalue weighted by atomic mass is 19.1. The minimum absolute atomic E-state index is 0.0124. The number of halogens is 1. The van der Waals surface area contributed by atoms with Crippen LogP contribution in [0.4, 0.5) is 9.18 Å². The van der Waals surface area contributed by atoms with Crippen LogP contribution in [0.5, 0.6) is 0 Å². The molecule has 1 aromatic heterocycles. The molecule has 36 heavy (non-hydrogen) atoms. The fourth-order valence-corrected chi connectivity index (χ4v) is 3.75. The summed E-state index contributed by atoms with van der Waals surface area (Å²) < 4.78 is 27.3. The average Bonchev–Trinajstić information content (AvgIpc) is 3.07. The van der Waals surface area contributed by atoms with Crippen LogP contribution in [0.2, 0.25) is 0 Å². The van der Waals surface area contributed by atoms with Gasteiger partial charge in [0.1, 0.15) is 17.5 Å². The van der Waals surface area contributed by atoms with Crippen molar-refractivity contribution >= 4 is 12.0 Å². The quantitative estimate of drug-likeness (QED) is 0.678. The number of amides is 2. The van der Waals surface area contributed by atoms with Gasteiger partial charge >= 0.3 is 6.09 Å². The maximum Gasteiger partial charge on any atom is 0.410 e. The lowest BCUT2D eigenvalue weighted by molar-refractivity contribution is -0.133. The lowest BCUT2D eigenvalue weighted by Crippen LogP contribution is -2.48. The van der Waals surface area contributed by atoms with E-state index >= 15 is 0 Å². The van der Waals surface area contributed by atoms with Gasteiger partial charge in [0.25, 0.3) is 5.91 Å². The summed E-state index contributed by atoms with van der Waals surface area (Å²) in [5.41, 5.74) is 0.666. The minimum Gasteiger partial charge on any atom is -0.444 e. The predicted octanol–water partition coefficient (Wildman–Crippen LogP) is 2.77. The summed E-state index contributed by atoms with van der Waals surface area (Å²) in [6.07, 6.45) is 0.584. The third kappa shape index (κ3) is 7.15. The standard InChI is InChI=1S/C26H31FN4O5/c1-26(2,3)36-25(34)31-10-5-11-35-22(16-31)24(33)29-20(14-28)12-18-7-6-17(13-21(18)27)19-8-9-23(32)30(4)15-19/h6-9,13,15,20,22H,5,10-12,16H2,1-4H3,(H,29,33)/t20-,22-/m0/s1. The van der Waals surface area contributed by atoms with E-state index in [2.05, 4.69) is 5.32 Å². The number of aromatic nitrogens is 1. The highest BCUT2D eigenvalue weighted by Gasteiger charge is 2.31. The molecule has 0 spiro atoms. The molecule has 1 aromatic carbocycles. The molecule has 2 aromatic rings. The molecule has 9 nitrogen and oxygen atoms in total. The Balaban J connectivity index is 1.66. The molecule has 10 heteroatoms. The number of benzene rings is 1. The first kappa shape index (κ1) is 26.9. The second-order valence-corrected chi connectivity index (χ2v) is 9.71. The van der Waals surface area contributed by atoms with Gasteiger partial charge in [-0.25, -0.2) is 9.18 Å². The molecule has 0 aliphatic carbocycles. The molecule has 1 aliphatic heterocycles. The molecule has 0 saturated carbocycles. The highest BCUT2D eigenvalue weighted by molar-refractivity contribution is 5.82. The van der Waals surface area contributed by atoms with Gasteiger partial charge in [0.2, 0.25) is 5.56 Å². The topological polar surface area (TPSA) is 114 Å². The third-order valence-electron chi connectivity index (χ3n) is 5.59. The predicted molar refractivity (Wildman–Crippen MR) is 130 cm³/mol. The summed E-state index contributed by atoms with van der Waals surface area (Å²) in [5, 5.41) is 12.2. The van der Waals surface area contributed by atoms with Crippen LogP contribution in [0.3, 0.4) is 0 Å². The number of hydrogen-bond acceptors (Lipinski definition) is 6. The lowest BCUT2D eigenvalue weighted by Gasteiger charge is -2.27. The van der Waals surface area contributed by atoms with Crippen LogP contribution >= 0.6 is 0 Å². The second-order valence-electron chi connectivity index (χ2n) is 9.71. The average molecular weight is 499 g/mol. The number of pyridine rings is 1. The van der Waals surface area contributed by atoms with E-state index in [0.29, 0.717) is 24.1 Å². The van der Waals surface area contributed by atoms with Crippen molar-refractivity contribution in [3.05, 3.63) is 58.3 Å². The molecular weight excluding hydrogens is 467 g/mol. The normalized spacial score (nSPS) is 17.0.